The van der Waals surface area contributed by atoms with Gasteiger partial charge in [-0.3, -0.25) is 0 Å². The Balaban J connectivity index is 2.16. The van der Waals surface area contributed by atoms with Crippen molar-refractivity contribution < 1.29 is 13.2 Å². The fourth-order valence-corrected chi connectivity index (χ4v) is 2.39. The molecule has 0 amide bonds. The molecule has 0 fully saturated rings. The molecule has 6 heteroatoms. The van der Waals surface area contributed by atoms with E-state index in [9.17, 15) is 13.2 Å². The highest BCUT2D eigenvalue weighted by molar-refractivity contribution is 6.33. The maximum Gasteiger partial charge on any atom is 0.416 e. The second kappa shape index (κ2) is 6.16. The number of benzene rings is 2. The molecule has 1 atom stereocenters. The number of anilines is 1. The molecule has 0 aromatic heterocycles. The largest absolute Gasteiger partial charge is 0.416 e. The monoisotopic (exact) mass is 333 g/mol. The van der Waals surface area contributed by atoms with E-state index < -0.39 is 11.7 Å². The molecular formula is C15H12Cl2F3N. The predicted molar refractivity (Wildman–Crippen MR) is 79.9 cm³/mol. The lowest BCUT2D eigenvalue weighted by atomic mass is 10.1. The maximum atomic E-state index is 12.5. The Morgan fingerprint density at radius 3 is 2.19 bits per heavy atom. The maximum absolute atomic E-state index is 12.5. The molecule has 2 rings (SSSR count). The quantitative estimate of drug-likeness (QED) is 0.706. The topological polar surface area (TPSA) is 12.0 Å². The van der Waals surface area contributed by atoms with Crippen LogP contribution in [-0.4, -0.2) is 0 Å². The van der Waals surface area contributed by atoms with Crippen LogP contribution in [0.1, 0.15) is 24.1 Å². The SMILES string of the molecule is CC(Nc1ccc(C(F)(F)F)cc1)c1cc(Cl)ccc1Cl. The van der Waals surface area contributed by atoms with Gasteiger partial charge < -0.3 is 5.32 Å². The van der Waals surface area contributed by atoms with Crippen LogP contribution >= 0.6 is 23.2 Å². The third kappa shape index (κ3) is 4.05. The van der Waals surface area contributed by atoms with Gasteiger partial charge in [-0.25, -0.2) is 0 Å². The minimum atomic E-state index is -4.33. The van der Waals surface area contributed by atoms with Crippen molar-refractivity contribution in [2.75, 3.05) is 5.32 Å². The number of nitrogens with one attached hydrogen (secondary N) is 1. The van der Waals surface area contributed by atoms with Crippen molar-refractivity contribution in [3.63, 3.8) is 0 Å². The van der Waals surface area contributed by atoms with Gasteiger partial charge in [0.15, 0.2) is 0 Å². The standard InChI is InChI=1S/C15H12Cl2F3N/c1-9(13-8-11(16)4-7-14(13)17)21-12-5-2-10(3-6-12)15(18,19)20/h2-9,21H,1H3. The molecule has 0 saturated heterocycles. The molecule has 2 aromatic carbocycles. The summed E-state index contributed by atoms with van der Waals surface area (Å²) in [5.74, 6) is 0. The molecule has 1 N–H and O–H groups in total. The second-order valence-corrected chi connectivity index (χ2v) is 5.45. The third-order valence-electron chi connectivity index (χ3n) is 3.02. The van der Waals surface area contributed by atoms with Crippen LogP contribution in [0.5, 0.6) is 0 Å². The fraction of sp³-hybridized carbons (Fsp3) is 0.200. The van der Waals surface area contributed by atoms with E-state index in [0.717, 1.165) is 17.7 Å². The fourth-order valence-electron chi connectivity index (χ4n) is 1.93. The Bertz CT molecular complexity index is 624. The van der Waals surface area contributed by atoms with Gasteiger partial charge in [0.05, 0.1) is 11.6 Å². The highest BCUT2D eigenvalue weighted by Gasteiger charge is 2.29. The number of hydrogen-bond acceptors (Lipinski definition) is 1. The lowest BCUT2D eigenvalue weighted by molar-refractivity contribution is -0.137. The summed E-state index contributed by atoms with van der Waals surface area (Å²) in [4.78, 5) is 0. The average Bonchev–Trinajstić information content (AvgIpc) is 2.41. The van der Waals surface area contributed by atoms with Crippen LogP contribution in [0, 0.1) is 0 Å². The van der Waals surface area contributed by atoms with Gasteiger partial charge in [0, 0.05) is 15.7 Å². The summed E-state index contributed by atoms with van der Waals surface area (Å²) < 4.78 is 37.5. The first-order valence-corrected chi connectivity index (χ1v) is 6.91. The zero-order valence-electron chi connectivity index (χ0n) is 11.0. The summed E-state index contributed by atoms with van der Waals surface area (Å²) in [6.07, 6.45) is -4.33. The Labute approximate surface area is 130 Å². The van der Waals surface area contributed by atoms with Gasteiger partial charge in [-0.05, 0) is 55.0 Å². The van der Waals surface area contributed by atoms with E-state index in [-0.39, 0.29) is 6.04 Å². The van der Waals surface area contributed by atoms with Gasteiger partial charge in [-0.2, -0.15) is 13.2 Å². The molecule has 0 radical (unpaired) electrons. The van der Waals surface area contributed by atoms with Crippen molar-refractivity contribution >= 4 is 28.9 Å². The van der Waals surface area contributed by atoms with Crippen LogP contribution in [0.15, 0.2) is 42.5 Å². The molecule has 0 bridgehead atoms. The molecule has 0 saturated carbocycles. The highest BCUT2D eigenvalue weighted by atomic mass is 35.5. The molecule has 0 aliphatic heterocycles. The molecule has 0 aliphatic rings. The van der Waals surface area contributed by atoms with E-state index >= 15 is 0 Å². The van der Waals surface area contributed by atoms with Gasteiger partial charge in [-0.1, -0.05) is 23.2 Å². The van der Waals surface area contributed by atoms with Crippen LogP contribution < -0.4 is 5.32 Å². The summed E-state index contributed by atoms with van der Waals surface area (Å²) in [7, 11) is 0. The number of rotatable bonds is 3. The minimum absolute atomic E-state index is 0.187. The van der Waals surface area contributed by atoms with E-state index in [0.29, 0.717) is 15.7 Å². The van der Waals surface area contributed by atoms with Gasteiger partial charge in [0.2, 0.25) is 0 Å². The van der Waals surface area contributed by atoms with Crippen molar-refractivity contribution in [2.45, 2.75) is 19.1 Å². The Kier molecular flexibility index (Phi) is 4.69. The first kappa shape index (κ1) is 16.0. The summed E-state index contributed by atoms with van der Waals surface area (Å²) in [6, 6.07) is 9.75. The molecule has 0 aliphatic carbocycles. The predicted octanol–water partition coefficient (Wildman–Crippen LogP) is 6.19. The molecule has 0 spiro atoms. The zero-order chi connectivity index (χ0) is 15.6. The van der Waals surface area contributed by atoms with Crippen molar-refractivity contribution in [3.8, 4) is 0 Å². The normalized spacial score (nSPS) is 13.0. The molecule has 1 nitrogen and oxygen atoms in total. The van der Waals surface area contributed by atoms with Crippen molar-refractivity contribution in [3.05, 3.63) is 63.6 Å². The summed E-state index contributed by atoms with van der Waals surface area (Å²) >= 11 is 12.0. The molecule has 1 unspecified atom stereocenters. The van der Waals surface area contributed by atoms with E-state index in [1.54, 1.807) is 18.2 Å². The number of alkyl halides is 3. The summed E-state index contributed by atoms with van der Waals surface area (Å²) in [5, 5.41) is 4.19. The van der Waals surface area contributed by atoms with Gasteiger partial charge >= 0.3 is 6.18 Å². The van der Waals surface area contributed by atoms with E-state index in [4.69, 9.17) is 23.2 Å². The van der Waals surface area contributed by atoms with Crippen LogP contribution in [0.4, 0.5) is 18.9 Å². The van der Waals surface area contributed by atoms with Crippen LogP contribution in [0.25, 0.3) is 0 Å². The highest BCUT2D eigenvalue weighted by Crippen LogP contribution is 2.32. The third-order valence-corrected chi connectivity index (χ3v) is 3.60. The molecule has 112 valence electrons. The zero-order valence-corrected chi connectivity index (χ0v) is 12.5. The Morgan fingerprint density at radius 1 is 1.00 bits per heavy atom. The smallest absolute Gasteiger partial charge is 0.378 e. The van der Waals surface area contributed by atoms with E-state index in [2.05, 4.69) is 5.32 Å². The number of hydrogen-bond donors (Lipinski definition) is 1. The van der Waals surface area contributed by atoms with Gasteiger partial charge in [0.1, 0.15) is 0 Å². The average molecular weight is 334 g/mol. The van der Waals surface area contributed by atoms with Crippen molar-refractivity contribution in [1.82, 2.24) is 0 Å². The van der Waals surface area contributed by atoms with E-state index in [1.165, 1.54) is 12.1 Å². The van der Waals surface area contributed by atoms with Crippen LogP contribution in [0.3, 0.4) is 0 Å². The molecule has 21 heavy (non-hydrogen) atoms. The molecular weight excluding hydrogens is 322 g/mol. The summed E-state index contributed by atoms with van der Waals surface area (Å²) in [5.41, 5.74) is 0.678. The van der Waals surface area contributed by atoms with Gasteiger partial charge in [0.25, 0.3) is 0 Å². The first-order chi connectivity index (χ1) is 9.77. The summed E-state index contributed by atoms with van der Waals surface area (Å²) in [6.45, 7) is 1.86. The van der Waals surface area contributed by atoms with Crippen LogP contribution in [0.2, 0.25) is 10.0 Å². The van der Waals surface area contributed by atoms with Crippen molar-refractivity contribution in [1.29, 1.82) is 0 Å². The second-order valence-electron chi connectivity index (χ2n) is 4.61. The lowest BCUT2D eigenvalue weighted by Crippen LogP contribution is -2.08. The van der Waals surface area contributed by atoms with E-state index in [1.807, 2.05) is 6.92 Å². The molecule has 2 aromatic rings. The minimum Gasteiger partial charge on any atom is -0.378 e. The van der Waals surface area contributed by atoms with Gasteiger partial charge in [-0.15, -0.1) is 0 Å². The van der Waals surface area contributed by atoms with Crippen molar-refractivity contribution in [2.24, 2.45) is 0 Å². The lowest BCUT2D eigenvalue weighted by Gasteiger charge is -2.18. The molecule has 0 heterocycles. The first-order valence-electron chi connectivity index (χ1n) is 6.16. The Morgan fingerprint density at radius 2 is 1.62 bits per heavy atom. The Hall–Kier alpha value is -1.39. The van der Waals surface area contributed by atoms with Crippen LogP contribution in [-0.2, 0) is 6.18 Å². The number of halogens is 5.